The zero-order valence-corrected chi connectivity index (χ0v) is 14.0. The van der Waals surface area contributed by atoms with Crippen LogP contribution in [0, 0.1) is 5.92 Å². The molecule has 1 atom stereocenters. The van der Waals surface area contributed by atoms with E-state index in [1.807, 2.05) is 12.4 Å². The molecule has 1 unspecified atom stereocenters. The molecule has 0 aliphatic heterocycles. The number of pyridine rings is 1. The van der Waals surface area contributed by atoms with E-state index in [1.165, 1.54) is 17.7 Å². The highest BCUT2D eigenvalue weighted by atomic mass is 15.1. The molecule has 0 saturated carbocycles. The number of nitrogens with zero attached hydrogens (tertiary/aromatic N) is 2. The van der Waals surface area contributed by atoms with Crippen molar-refractivity contribution in [3.63, 3.8) is 0 Å². The van der Waals surface area contributed by atoms with Gasteiger partial charge in [-0.05, 0) is 39.7 Å². The van der Waals surface area contributed by atoms with Crippen LogP contribution in [-0.4, -0.2) is 23.6 Å². The molecule has 1 N–H and O–H groups in total. The van der Waals surface area contributed by atoms with Crippen LogP contribution in [0.3, 0.4) is 0 Å². The van der Waals surface area contributed by atoms with Crippen molar-refractivity contribution in [2.45, 2.75) is 60.0 Å². The molecule has 3 nitrogen and oxygen atoms in total. The van der Waals surface area contributed by atoms with Crippen molar-refractivity contribution in [2.24, 2.45) is 5.92 Å². The fourth-order valence-electron chi connectivity index (χ4n) is 2.13. The van der Waals surface area contributed by atoms with Gasteiger partial charge in [0.05, 0.1) is 0 Å². The maximum atomic E-state index is 4.30. The lowest BCUT2D eigenvalue weighted by Gasteiger charge is -2.29. The van der Waals surface area contributed by atoms with Crippen LogP contribution in [0.2, 0.25) is 0 Å². The lowest BCUT2D eigenvalue weighted by Crippen LogP contribution is -2.36. The standard InChI is InChI=1S/C17H31N3/c1-7-14(3)13-20(8-2)16-9-10-18-11-15(16)12-19-17(4,5)6/h9-11,14,19H,7-8,12-13H2,1-6H3. The predicted octanol–water partition coefficient (Wildman–Crippen LogP) is 3.84. The Morgan fingerprint density at radius 2 is 2.00 bits per heavy atom. The topological polar surface area (TPSA) is 28.2 Å². The van der Waals surface area contributed by atoms with Crippen molar-refractivity contribution in [1.29, 1.82) is 0 Å². The van der Waals surface area contributed by atoms with Gasteiger partial charge in [0.2, 0.25) is 0 Å². The molecule has 0 aliphatic rings. The Hall–Kier alpha value is -1.09. The summed E-state index contributed by atoms with van der Waals surface area (Å²) in [5.74, 6) is 0.714. The summed E-state index contributed by atoms with van der Waals surface area (Å²) in [6.45, 7) is 16.4. The van der Waals surface area contributed by atoms with E-state index < -0.39 is 0 Å². The summed E-state index contributed by atoms with van der Waals surface area (Å²) < 4.78 is 0. The van der Waals surface area contributed by atoms with E-state index in [-0.39, 0.29) is 5.54 Å². The molecule has 0 radical (unpaired) electrons. The number of anilines is 1. The number of nitrogens with one attached hydrogen (secondary N) is 1. The monoisotopic (exact) mass is 277 g/mol. The molecular weight excluding hydrogens is 246 g/mol. The molecule has 0 saturated heterocycles. The second kappa shape index (κ2) is 7.63. The summed E-state index contributed by atoms with van der Waals surface area (Å²) in [6.07, 6.45) is 5.11. The SMILES string of the molecule is CCC(C)CN(CC)c1ccncc1CNC(C)(C)C. The number of aromatic nitrogens is 1. The van der Waals surface area contributed by atoms with Gasteiger partial charge in [0.1, 0.15) is 0 Å². The van der Waals surface area contributed by atoms with Gasteiger partial charge in [0.25, 0.3) is 0 Å². The predicted molar refractivity (Wildman–Crippen MR) is 88.2 cm³/mol. The quantitative estimate of drug-likeness (QED) is 0.820. The Labute approximate surface area is 124 Å². The van der Waals surface area contributed by atoms with E-state index in [4.69, 9.17) is 0 Å². The molecule has 1 rings (SSSR count). The molecule has 1 aromatic heterocycles. The van der Waals surface area contributed by atoms with E-state index in [0.717, 1.165) is 19.6 Å². The first-order chi connectivity index (χ1) is 9.37. The highest BCUT2D eigenvalue weighted by molar-refractivity contribution is 5.52. The number of hydrogen-bond donors (Lipinski definition) is 1. The van der Waals surface area contributed by atoms with Crippen molar-refractivity contribution in [2.75, 3.05) is 18.0 Å². The summed E-state index contributed by atoms with van der Waals surface area (Å²) in [5.41, 5.74) is 2.73. The van der Waals surface area contributed by atoms with Crippen LogP contribution in [0.25, 0.3) is 0 Å². The molecule has 0 fully saturated rings. The molecule has 0 aromatic carbocycles. The smallest absolute Gasteiger partial charge is 0.0442 e. The average molecular weight is 277 g/mol. The molecule has 20 heavy (non-hydrogen) atoms. The zero-order valence-electron chi connectivity index (χ0n) is 14.0. The van der Waals surface area contributed by atoms with E-state index in [2.05, 4.69) is 62.8 Å². The van der Waals surface area contributed by atoms with E-state index in [0.29, 0.717) is 5.92 Å². The zero-order chi connectivity index (χ0) is 15.2. The van der Waals surface area contributed by atoms with E-state index >= 15 is 0 Å². The molecule has 0 amide bonds. The van der Waals surface area contributed by atoms with Crippen molar-refractivity contribution in [1.82, 2.24) is 10.3 Å². The first-order valence-electron chi connectivity index (χ1n) is 7.80. The second-order valence-corrected chi connectivity index (χ2v) is 6.66. The fraction of sp³-hybridized carbons (Fsp3) is 0.706. The Kier molecular flexibility index (Phi) is 6.47. The highest BCUT2D eigenvalue weighted by Crippen LogP contribution is 2.21. The van der Waals surface area contributed by atoms with E-state index in [9.17, 15) is 0 Å². The molecule has 3 heteroatoms. The lowest BCUT2D eigenvalue weighted by atomic mass is 10.1. The van der Waals surface area contributed by atoms with Crippen LogP contribution in [0.5, 0.6) is 0 Å². The molecule has 1 heterocycles. The van der Waals surface area contributed by atoms with Gasteiger partial charge in [0, 0.05) is 48.8 Å². The van der Waals surface area contributed by atoms with Crippen molar-refractivity contribution in [3.8, 4) is 0 Å². The maximum absolute atomic E-state index is 4.30. The molecule has 114 valence electrons. The van der Waals surface area contributed by atoms with Crippen molar-refractivity contribution >= 4 is 5.69 Å². The minimum Gasteiger partial charge on any atom is -0.371 e. The Bertz CT molecular complexity index is 395. The van der Waals surface area contributed by atoms with Gasteiger partial charge in [0.15, 0.2) is 0 Å². The third-order valence-electron chi connectivity index (χ3n) is 3.64. The summed E-state index contributed by atoms with van der Waals surface area (Å²) in [7, 11) is 0. The first kappa shape index (κ1) is 17.0. The van der Waals surface area contributed by atoms with Gasteiger partial charge in [-0.1, -0.05) is 20.3 Å². The van der Waals surface area contributed by atoms with Crippen LogP contribution in [0.1, 0.15) is 53.5 Å². The van der Waals surface area contributed by atoms with Gasteiger partial charge in [-0.15, -0.1) is 0 Å². The van der Waals surface area contributed by atoms with Gasteiger partial charge < -0.3 is 10.2 Å². The molecule has 0 bridgehead atoms. The second-order valence-electron chi connectivity index (χ2n) is 6.66. The van der Waals surface area contributed by atoms with Crippen LogP contribution in [0.15, 0.2) is 18.5 Å². The van der Waals surface area contributed by atoms with Crippen LogP contribution < -0.4 is 10.2 Å². The third kappa shape index (κ3) is 5.49. The average Bonchev–Trinajstić information content (AvgIpc) is 2.42. The van der Waals surface area contributed by atoms with Crippen molar-refractivity contribution in [3.05, 3.63) is 24.0 Å². The Morgan fingerprint density at radius 1 is 1.30 bits per heavy atom. The minimum absolute atomic E-state index is 0.126. The Morgan fingerprint density at radius 3 is 2.55 bits per heavy atom. The van der Waals surface area contributed by atoms with Gasteiger partial charge in [-0.3, -0.25) is 4.98 Å². The third-order valence-corrected chi connectivity index (χ3v) is 3.64. The molecule has 1 aromatic rings. The van der Waals surface area contributed by atoms with Gasteiger partial charge >= 0.3 is 0 Å². The minimum atomic E-state index is 0.126. The first-order valence-corrected chi connectivity index (χ1v) is 7.80. The molecule has 0 spiro atoms. The summed E-state index contributed by atoms with van der Waals surface area (Å²) >= 11 is 0. The molecule has 0 aliphatic carbocycles. The molecular formula is C17H31N3. The van der Waals surface area contributed by atoms with Crippen LogP contribution in [0.4, 0.5) is 5.69 Å². The normalized spacial score (nSPS) is 13.3. The lowest BCUT2D eigenvalue weighted by molar-refractivity contribution is 0.423. The highest BCUT2D eigenvalue weighted by Gasteiger charge is 2.14. The van der Waals surface area contributed by atoms with Gasteiger partial charge in [-0.25, -0.2) is 0 Å². The summed E-state index contributed by atoms with van der Waals surface area (Å²) in [6, 6.07) is 2.14. The van der Waals surface area contributed by atoms with Crippen LogP contribution >= 0.6 is 0 Å². The number of rotatable bonds is 7. The van der Waals surface area contributed by atoms with E-state index in [1.54, 1.807) is 0 Å². The fourth-order valence-corrected chi connectivity index (χ4v) is 2.13. The Balaban J connectivity index is 2.86. The number of hydrogen-bond acceptors (Lipinski definition) is 3. The summed E-state index contributed by atoms with van der Waals surface area (Å²) in [4.78, 5) is 6.76. The largest absolute Gasteiger partial charge is 0.371 e. The summed E-state index contributed by atoms with van der Waals surface area (Å²) in [5, 5.41) is 3.56. The van der Waals surface area contributed by atoms with Gasteiger partial charge in [-0.2, -0.15) is 0 Å². The van der Waals surface area contributed by atoms with Crippen LogP contribution in [-0.2, 0) is 6.54 Å². The maximum Gasteiger partial charge on any atom is 0.0442 e. The van der Waals surface area contributed by atoms with Crippen molar-refractivity contribution < 1.29 is 0 Å².